The van der Waals surface area contributed by atoms with Crippen molar-refractivity contribution in [1.29, 1.82) is 0 Å². The third-order valence-corrected chi connectivity index (χ3v) is 5.35. The Kier molecular flexibility index (Phi) is 5.00. The molecule has 0 aliphatic carbocycles. The van der Waals surface area contributed by atoms with E-state index < -0.39 is 5.41 Å². The van der Waals surface area contributed by atoms with Gasteiger partial charge in [-0.1, -0.05) is 11.6 Å². The minimum absolute atomic E-state index is 0.150. The van der Waals surface area contributed by atoms with Gasteiger partial charge in [0.25, 0.3) is 0 Å². The Labute approximate surface area is 164 Å². The van der Waals surface area contributed by atoms with E-state index in [1.807, 2.05) is 32.9 Å². The fraction of sp³-hybridized carbons (Fsp3) is 0.381. The molecular formula is C21H25ClN4O. The number of anilines is 1. The number of aromatic nitrogens is 3. The highest BCUT2D eigenvalue weighted by atomic mass is 35.5. The zero-order chi connectivity index (χ0) is 19.9. The van der Waals surface area contributed by atoms with E-state index in [0.29, 0.717) is 11.6 Å². The van der Waals surface area contributed by atoms with Crippen molar-refractivity contribution < 1.29 is 4.79 Å². The maximum atomic E-state index is 12.6. The van der Waals surface area contributed by atoms with Crippen molar-refractivity contribution in [1.82, 2.24) is 14.8 Å². The normalized spacial score (nSPS) is 11.8. The summed E-state index contributed by atoms with van der Waals surface area (Å²) in [6, 6.07) is 8.11. The molecule has 0 bridgehead atoms. The fourth-order valence-electron chi connectivity index (χ4n) is 3.05. The number of nitrogens with one attached hydrogen (secondary N) is 1. The van der Waals surface area contributed by atoms with E-state index in [1.54, 1.807) is 4.68 Å². The van der Waals surface area contributed by atoms with E-state index in [2.05, 4.69) is 43.3 Å². The number of carbonyl (C=O) groups is 1. The standard InChI is InChI=1S/C21H25ClN4O/c1-12-7-14(3)19-16(8-12)13(2)9-17(23-19)26-18(10-15(4)25-26)24-20(27)21(5,6)11-22/h7-10H,11H2,1-6H3,(H,24,27). The molecule has 0 aliphatic rings. The van der Waals surface area contributed by atoms with Gasteiger partial charge in [0.05, 0.1) is 16.6 Å². The number of pyridine rings is 1. The monoisotopic (exact) mass is 384 g/mol. The van der Waals surface area contributed by atoms with Crippen LogP contribution in [-0.2, 0) is 4.79 Å². The summed E-state index contributed by atoms with van der Waals surface area (Å²) in [5.41, 5.74) is 4.52. The van der Waals surface area contributed by atoms with Gasteiger partial charge in [-0.3, -0.25) is 4.79 Å². The lowest BCUT2D eigenvalue weighted by Crippen LogP contribution is -2.33. The van der Waals surface area contributed by atoms with Crippen molar-refractivity contribution >= 4 is 34.2 Å². The van der Waals surface area contributed by atoms with Crippen LogP contribution in [0.3, 0.4) is 0 Å². The highest BCUT2D eigenvalue weighted by Gasteiger charge is 2.27. The molecule has 1 aromatic carbocycles. The molecule has 0 unspecified atom stereocenters. The summed E-state index contributed by atoms with van der Waals surface area (Å²) in [7, 11) is 0. The van der Waals surface area contributed by atoms with Gasteiger partial charge >= 0.3 is 0 Å². The highest BCUT2D eigenvalue weighted by Crippen LogP contribution is 2.27. The number of aryl methyl sites for hydroxylation is 4. The summed E-state index contributed by atoms with van der Waals surface area (Å²) in [5, 5.41) is 8.63. The predicted octanol–water partition coefficient (Wildman–Crippen LogP) is 4.86. The Morgan fingerprint density at radius 1 is 1.11 bits per heavy atom. The fourth-order valence-corrected chi connectivity index (χ4v) is 3.17. The number of benzene rings is 1. The van der Waals surface area contributed by atoms with Crippen LogP contribution in [0.15, 0.2) is 24.3 Å². The Bertz CT molecular complexity index is 1040. The first-order chi connectivity index (χ1) is 12.6. The summed E-state index contributed by atoms with van der Waals surface area (Å²) in [4.78, 5) is 17.4. The molecular weight excluding hydrogens is 360 g/mol. The van der Waals surface area contributed by atoms with E-state index in [1.165, 1.54) is 5.56 Å². The number of halogens is 1. The van der Waals surface area contributed by atoms with Crippen molar-refractivity contribution in [3.8, 4) is 5.82 Å². The number of hydrogen-bond acceptors (Lipinski definition) is 3. The molecule has 1 amide bonds. The van der Waals surface area contributed by atoms with Gasteiger partial charge in [-0.05, 0) is 64.8 Å². The number of amides is 1. The lowest BCUT2D eigenvalue weighted by Gasteiger charge is -2.20. The summed E-state index contributed by atoms with van der Waals surface area (Å²) >= 11 is 5.94. The van der Waals surface area contributed by atoms with Crippen LogP contribution in [0, 0.1) is 33.1 Å². The van der Waals surface area contributed by atoms with Gasteiger partial charge in [0.2, 0.25) is 5.91 Å². The molecule has 6 heteroatoms. The molecule has 0 saturated heterocycles. The summed E-state index contributed by atoms with van der Waals surface area (Å²) in [6.07, 6.45) is 0. The van der Waals surface area contributed by atoms with E-state index >= 15 is 0 Å². The van der Waals surface area contributed by atoms with Crippen LogP contribution < -0.4 is 5.32 Å². The Morgan fingerprint density at radius 2 is 1.81 bits per heavy atom. The SMILES string of the molecule is Cc1cc(C)c2nc(-n3nc(C)cc3NC(=O)C(C)(C)CCl)cc(C)c2c1. The number of alkyl halides is 1. The van der Waals surface area contributed by atoms with Crippen LogP contribution in [-0.4, -0.2) is 26.6 Å². The predicted molar refractivity (Wildman–Crippen MR) is 111 cm³/mol. The summed E-state index contributed by atoms with van der Waals surface area (Å²) in [6.45, 7) is 11.7. The van der Waals surface area contributed by atoms with Crippen molar-refractivity contribution in [2.24, 2.45) is 5.41 Å². The quantitative estimate of drug-likeness (QED) is 0.653. The summed E-state index contributed by atoms with van der Waals surface area (Å²) in [5.74, 6) is 1.35. The Morgan fingerprint density at radius 3 is 2.48 bits per heavy atom. The van der Waals surface area contributed by atoms with Gasteiger partial charge < -0.3 is 5.32 Å². The molecule has 0 atom stereocenters. The number of rotatable bonds is 4. The number of fused-ring (bicyclic) bond motifs is 1. The first kappa shape index (κ1) is 19.4. The third-order valence-electron chi connectivity index (χ3n) is 4.68. The average Bonchev–Trinajstić information content (AvgIpc) is 2.96. The molecule has 0 fully saturated rings. The van der Waals surface area contributed by atoms with E-state index in [-0.39, 0.29) is 11.8 Å². The van der Waals surface area contributed by atoms with Gasteiger partial charge in [-0.15, -0.1) is 11.6 Å². The molecule has 0 radical (unpaired) electrons. The number of hydrogen-bond donors (Lipinski definition) is 1. The molecule has 3 aromatic rings. The van der Waals surface area contributed by atoms with Gasteiger partial charge in [-0.25, -0.2) is 4.98 Å². The molecule has 0 saturated carbocycles. The number of nitrogens with zero attached hydrogens (tertiary/aromatic N) is 3. The molecule has 2 aromatic heterocycles. The molecule has 2 heterocycles. The number of carbonyl (C=O) groups excluding carboxylic acids is 1. The van der Waals surface area contributed by atoms with Crippen LogP contribution in [0.5, 0.6) is 0 Å². The lowest BCUT2D eigenvalue weighted by atomic mass is 9.95. The maximum Gasteiger partial charge on any atom is 0.232 e. The first-order valence-corrected chi connectivity index (χ1v) is 9.49. The molecule has 0 aliphatic heterocycles. The molecule has 142 valence electrons. The van der Waals surface area contributed by atoms with Crippen LogP contribution in [0.25, 0.3) is 16.7 Å². The zero-order valence-electron chi connectivity index (χ0n) is 16.6. The maximum absolute atomic E-state index is 12.6. The molecule has 3 rings (SSSR count). The minimum Gasteiger partial charge on any atom is -0.310 e. The van der Waals surface area contributed by atoms with Crippen molar-refractivity contribution in [3.63, 3.8) is 0 Å². The highest BCUT2D eigenvalue weighted by molar-refractivity contribution is 6.20. The van der Waals surface area contributed by atoms with Crippen LogP contribution >= 0.6 is 11.6 Å². The van der Waals surface area contributed by atoms with Gasteiger partial charge in [0.15, 0.2) is 5.82 Å². The zero-order valence-corrected chi connectivity index (χ0v) is 17.4. The molecule has 5 nitrogen and oxygen atoms in total. The van der Waals surface area contributed by atoms with Gasteiger partial charge in [0, 0.05) is 17.3 Å². The first-order valence-electron chi connectivity index (χ1n) is 8.95. The summed E-state index contributed by atoms with van der Waals surface area (Å²) < 4.78 is 1.68. The second-order valence-corrected chi connectivity index (χ2v) is 8.10. The second-order valence-electron chi connectivity index (χ2n) is 7.83. The van der Waals surface area contributed by atoms with Crippen molar-refractivity contribution in [3.05, 3.63) is 46.6 Å². The van der Waals surface area contributed by atoms with Crippen LogP contribution in [0.2, 0.25) is 0 Å². The van der Waals surface area contributed by atoms with Gasteiger partial charge in [0.1, 0.15) is 5.82 Å². The molecule has 0 spiro atoms. The van der Waals surface area contributed by atoms with Crippen molar-refractivity contribution in [2.75, 3.05) is 11.2 Å². The second kappa shape index (κ2) is 6.97. The van der Waals surface area contributed by atoms with E-state index in [9.17, 15) is 4.79 Å². The van der Waals surface area contributed by atoms with Crippen LogP contribution in [0.4, 0.5) is 5.82 Å². The molecule has 27 heavy (non-hydrogen) atoms. The van der Waals surface area contributed by atoms with Crippen LogP contribution in [0.1, 0.15) is 36.2 Å². The third kappa shape index (κ3) is 3.69. The Balaban J connectivity index is 2.11. The Hall–Kier alpha value is -2.40. The van der Waals surface area contributed by atoms with E-state index in [4.69, 9.17) is 16.6 Å². The van der Waals surface area contributed by atoms with Crippen molar-refractivity contribution in [2.45, 2.75) is 41.5 Å². The molecule has 1 N–H and O–H groups in total. The van der Waals surface area contributed by atoms with E-state index in [0.717, 1.165) is 27.7 Å². The topological polar surface area (TPSA) is 59.8 Å². The minimum atomic E-state index is -0.675. The van der Waals surface area contributed by atoms with Gasteiger partial charge in [-0.2, -0.15) is 9.78 Å². The lowest BCUT2D eigenvalue weighted by molar-refractivity contribution is -0.123. The average molecular weight is 385 g/mol. The smallest absolute Gasteiger partial charge is 0.232 e. The largest absolute Gasteiger partial charge is 0.310 e.